The van der Waals surface area contributed by atoms with Crippen LogP contribution in [0.15, 0.2) is 207 Å². The number of nitrogens with zero attached hydrogens (tertiary/aromatic N) is 10. The molecule has 0 radical (unpaired) electrons. The van der Waals surface area contributed by atoms with Gasteiger partial charge in [-0.15, -0.1) is 0 Å². The molecule has 5 aliphatic rings. The molecule has 10 heterocycles. The number of aryl methyl sites for hydroxylation is 19. The molecule has 10 heteroatoms. The van der Waals surface area contributed by atoms with E-state index in [1.807, 2.05) is 68.4 Å². The zero-order valence-corrected chi connectivity index (χ0v) is 84.1. The van der Waals surface area contributed by atoms with Crippen LogP contribution in [0.2, 0.25) is 0 Å². The summed E-state index contributed by atoms with van der Waals surface area (Å²) in [5.74, 6) is -1.18. The minimum Gasteiger partial charge on any atom is -0.257 e. The molecule has 10 nitrogen and oxygen atoms in total. The predicted octanol–water partition coefficient (Wildman–Crippen LogP) is 26.5. The number of hydrogen-bond donors (Lipinski definition) is 0. The monoisotopic (exact) mass is 1750 g/mol. The van der Waals surface area contributed by atoms with Crippen molar-refractivity contribution in [2.24, 2.45) is 35.2 Å². The molecule has 132 heavy (non-hydrogen) atoms. The molecule has 0 N–H and O–H groups in total. The average molecular weight is 1750 g/mol. The third-order valence-corrected chi connectivity index (χ3v) is 29.2. The summed E-state index contributed by atoms with van der Waals surface area (Å²) in [6.07, 6.45) is 12.3. The number of rotatable bonds is 9. The summed E-state index contributed by atoms with van der Waals surface area (Å²) in [4.78, 5) is 24.6. The van der Waals surface area contributed by atoms with Gasteiger partial charge in [0.1, 0.15) is 35.2 Å². The van der Waals surface area contributed by atoms with E-state index < -0.39 is 19.6 Å². The second kappa shape index (κ2) is 34.6. The molecule has 1 unspecified atom stereocenters. The fraction of sp³-hybridized carbons (Fsp3) is 0.344. The lowest BCUT2D eigenvalue weighted by molar-refractivity contribution is -0.660. The zero-order chi connectivity index (χ0) is 101. The molecule has 1 atom stereocenters. The maximum atomic E-state index is 8.58. The van der Waals surface area contributed by atoms with Gasteiger partial charge >= 0.3 is 0 Å². The molecule has 0 bridgehead atoms. The van der Waals surface area contributed by atoms with Crippen LogP contribution in [0.1, 0.15) is 278 Å². The molecule has 5 aromatic carbocycles. The van der Waals surface area contributed by atoms with Crippen LogP contribution in [0.5, 0.6) is 0 Å². The standard InChI is InChI=1S/2C25H29N2.3C24H27N2/c2*1-15(2)18-12-13-27(7)21(14-18)22-16(3)8-10-19-20-11-9-17(4)26-24(20)25(5,6)23(19)22;1-14-8-10-18-19-11-9-17(4)25-23(19)24(5,6)22(18)21(14)20-12-15(2)16(3)13-26(20)7;2*1-7-17-12-13-26(6)20(14-17)21-15(2)8-10-18-19-11-9-16(3)25-23(19)24(4,5)22(18)21/h2*8-15H,1-7H3;8-13H,1-7H3;2*8-14H,7H2,1-6H3/q5*+1/i1D3,15D;;3D3;;. The second-order valence-corrected chi connectivity index (χ2v) is 41.1. The Hall–Kier alpha value is -12.4. The first-order chi connectivity index (χ1) is 65.1. The molecule has 0 saturated carbocycles. The summed E-state index contributed by atoms with van der Waals surface area (Å²) >= 11 is 0. The van der Waals surface area contributed by atoms with Gasteiger partial charge in [-0.25, -0.2) is 22.8 Å². The van der Waals surface area contributed by atoms with Crippen LogP contribution in [0, 0.1) is 83.0 Å². The van der Waals surface area contributed by atoms with Crippen LogP contribution in [0.25, 0.3) is 112 Å². The smallest absolute Gasteiger partial charge is 0.213 e. The van der Waals surface area contributed by atoms with Gasteiger partial charge < -0.3 is 0 Å². The highest BCUT2D eigenvalue weighted by molar-refractivity contribution is 5.93. The van der Waals surface area contributed by atoms with Gasteiger partial charge in [0.25, 0.3) is 0 Å². The molecule has 15 aromatic rings. The van der Waals surface area contributed by atoms with Crippen molar-refractivity contribution in [2.75, 3.05) is 0 Å². The highest BCUT2D eigenvalue weighted by Crippen LogP contribution is 2.58. The van der Waals surface area contributed by atoms with Gasteiger partial charge in [0, 0.05) is 153 Å². The number of hydrogen-bond acceptors (Lipinski definition) is 5. The highest BCUT2D eigenvalue weighted by atomic mass is 15.0. The Labute approximate surface area is 798 Å². The van der Waals surface area contributed by atoms with E-state index in [0.29, 0.717) is 17.0 Å². The van der Waals surface area contributed by atoms with Crippen molar-refractivity contribution in [2.45, 2.75) is 245 Å². The van der Waals surface area contributed by atoms with Gasteiger partial charge in [0.05, 0.1) is 56.3 Å². The van der Waals surface area contributed by atoms with E-state index in [4.69, 9.17) is 34.5 Å². The average Bonchev–Trinajstić information content (AvgIpc) is 1.58. The normalized spacial score (nSPS) is 15.7. The third kappa shape index (κ3) is 15.9. The molecule has 672 valence electrons. The van der Waals surface area contributed by atoms with E-state index >= 15 is 0 Å². The Bertz CT molecular complexity index is 7370. The first-order valence-corrected chi connectivity index (χ1v) is 47.2. The van der Waals surface area contributed by atoms with Crippen LogP contribution in [-0.4, -0.2) is 24.9 Å². The highest BCUT2D eigenvalue weighted by Gasteiger charge is 2.47. The van der Waals surface area contributed by atoms with Crippen molar-refractivity contribution >= 4 is 0 Å². The molecular weight excluding hydrogens is 1610 g/mol. The fourth-order valence-electron chi connectivity index (χ4n) is 21.8. The second-order valence-electron chi connectivity index (χ2n) is 41.1. The van der Waals surface area contributed by atoms with E-state index in [-0.39, 0.29) is 27.1 Å². The van der Waals surface area contributed by atoms with Crippen molar-refractivity contribution in [3.8, 4) is 112 Å². The Morgan fingerprint density at radius 3 is 0.780 bits per heavy atom. The lowest BCUT2D eigenvalue weighted by Gasteiger charge is -2.24. The van der Waals surface area contributed by atoms with Gasteiger partial charge in [0.2, 0.25) is 28.5 Å². The lowest BCUT2D eigenvalue weighted by atomic mass is 9.79. The molecule has 5 aliphatic carbocycles. The SMILES string of the molecule is CCc1cc[n+](C)c(-c2c(C)ccc3c2C(C)(C)c2nc(C)ccc2-3)c1.CCc1cc[n+](C)c(-c2c(C)ccc3c2C(C)(C)c2nc(C)ccc2-3)c1.Cc1ccc2c(n1)C(C)(C)c1c-2ccc(C)c1-c1cc(C(C)C)cc[n+]1C.[2H]C([2H])([2H])C([2H])(C)c1cc[n+](C)c(-c2c(C)ccc3c2C(C)(C)c2nc(C)ccc2-3)c1.[2H]C([2H])([2H])c1c[n+](C)c(-c2c(C)ccc3c2C(C)(C)c2nc(C)ccc2-3)cc1C. The lowest BCUT2D eigenvalue weighted by Crippen LogP contribution is -2.32. The number of fused-ring (bicyclic) bond motifs is 15. The van der Waals surface area contributed by atoms with Crippen LogP contribution in [-0.2, 0) is 75.2 Å². The first kappa shape index (κ1) is 83.9. The predicted molar refractivity (Wildman–Crippen MR) is 546 cm³/mol. The van der Waals surface area contributed by atoms with Gasteiger partial charge in [-0.1, -0.05) is 202 Å². The topological polar surface area (TPSA) is 83.9 Å². The maximum Gasteiger partial charge on any atom is 0.213 e. The van der Waals surface area contributed by atoms with Crippen molar-refractivity contribution in [3.05, 3.63) is 353 Å². The third-order valence-electron chi connectivity index (χ3n) is 29.2. The van der Waals surface area contributed by atoms with E-state index in [2.05, 4.69) is 357 Å². The maximum absolute atomic E-state index is 8.58. The summed E-state index contributed by atoms with van der Waals surface area (Å²) in [5, 5.41) is 0. The summed E-state index contributed by atoms with van der Waals surface area (Å²) in [6, 6.07) is 63.2. The van der Waals surface area contributed by atoms with Crippen LogP contribution in [0.3, 0.4) is 0 Å². The summed E-state index contributed by atoms with van der Waals surface area (Å²) < 4.78 is 66.4. The number of benzene rings is 5. The Morgan fingerprint density at radius 2 is 0.523 bits per heavy atom. The Kier molecular flexibility index (Phi) is 22.0. The summed E-state index contributed by atoms with van der Waals surface area (Å²) in [5.41, 5.74) is 53.7. The van der Waals surface area contributed by atoms with E-state index in [1.165, 1.54) is 180 Å². The Morgan fingerprint density at radius 1 is 0.280 bits per heavy atom. The molecular formula is C122H139N10+5. The molecule has 0 saturated heterocycles. The van der Waals surface area contributed by atoms with Gasteiger partial charge in [0.15, 0.2) is 31.0 Å². The molecule has 0 fully saturated rings. The minimum absolute atomic E-state index is 0.104. The van der Waals surface area contributed by atoms with E-state index in [1.54, 1.807) is 12.3 Å². The molecule has 10 aromatic heterocycles. The van der Waals surface area contributed by atoms with Crippen molar-refractivity contribution in [1.82, 2.24) is 24.9 Å². The van der Waals surface area contributed by atoms with Gasteiger partial charge in [-0.3, -0.25) is 24.9 Å². The van der Waals surface area contributed by atoms with Crippen molar-refractivity contribution < 1.29 is 32.4 Å². The van der Waals surface area contributed by atoms with Crippen LogP contribution < -0.4 is 22.8 Å². The van der Waals surface area contributed by atoms with Crippen LogP contribution in [0.4, 0.5) is 0 Å². The van der Waals surface area contributed by atoms with Gasteiger partial charge in [-0.2, -0.15) is 0 Å². The quantitative estimate of drug-likeness (QED) is 0.134. The van der Waals surface area contributed by atoms with Gasteiger partial charge in [-0.05, 0) is 249 Å². The summed E-state index contributed by atoms with van der Waals surface area (Å²) in [7, 11) is 10.3. The molecule has 0 aliphatic heterocycles. The number of aromatic nitrogens is 10. The zero-order valence-electron chi connectivity index (χ0n) is 91.1. The molecule has 0 amide bonds. The largest absolute Gasteiger partial charge is 0.257 e. The Balaban J connectivity index is 0.000000126. The minimum atomic E-state index is -2.42. The number of pyridine rings is 10. The first-order valence-electron chi connectivity index (χ1n) is 50.7. The summed E-state index contributed by atoms with van der Waals surface area (Å²) in [6.45, 7) is 51.7. The van der Waals surface area contributed by atoms with E-state index in [9.17, 15) is 0 Å². The molecule has 0 spiro atoms. The van der Waals surface area contributed by atoms with Crippen LogP contribution >= 0.6 is 0 Å². The fourth-order valence-corrected chi connectivity index (χ4v) is 21.8. The van der Waals surface area contributed by atoms with Crippen molar-refractivity contribution in [1.29, 1.82) is 0 Å². The van der Waals surface area contributed by atoms with Crippen molar-refractivity contribution in [3.63, 3.8) is 0 Å². The van der Waals surface area contributed by atoms with E-state index in [0.717, 1.165) is 86.3 Å². The molecule has 20 rings (SSSR count).